The fraction of sp³-hybridized carbons (Fsp3) is 0.0909. The van der Waals surface area contributed by atoms with E-state index in [0.717, 1.165) is 6.42 Å². The molecule has 0 amide bonds. The van der Waals surface area contributed by atoms with Crippen LogP contribution in [0.3, 0.4) is 0 Å². The molecule has 2 heteroatoms. The van der Waals surface area contributed by atoms with Gasteiger partial charge in [-0.3, -0.25) is 0 Å². The van der Waals surface area contributed by atoms with E-state index in [1.54, 1.807) is 0 Å². The van der Waals surface area contributed by atoms with E-state index >= 15 is 0 Å². The van der Waals surface area contributed by atoms with Crippen LogP contribution in [0, 0.1) is 0 Å². The summed E-state index contributed by atoms with van der Waals surface area (Å²) in [7, 11) is 0. The van der Waals surface area contributed by atoms with E-state index in [4.69, 9.17) is 0 Å². The molecule has 0 aromatic rings. The zero-order valence-corrected chi connectivity index (χ0v) is 7.56. The molecule has 0 fully saturated rings. The van der Waals surface area contributed by atoms with Gasteiger partial charge in [-0.1, -0.05) is 36.5 Å². The van der Waals surface area contributed by atoms with Gasteiger partial charge in [0.05, 0.1) is 0 Å². The Morgan fingerprint density at radius 2 is 1.23 bits per heavy atom. The van der Waals surface area contributed by atoms with Gasteiger partial charge < -0.3 is 5.32 Å². The molecule has 0 saturated heterocycles. The molecule has 0 saturated carbocycles. The van der Waals surface area contributed by atoms with Gasteiger partial charge >= 0.3 is 0 Å². The highest BCUT2D eigenvalue weighted by molar-refractivity contribution is 5.75. The first kappa shape index (κ1) is 11.6. The number of nitrogens with one attached hydrogen (secondary N) is 1. The number of hydrogen-bond donors (Lipinski definition) is 1. The van der Waals surface area contributed by atoms with Crippen molar-refractivity contribution in [1.29, 1.82) is 0 Å². The standard InChI is InChI=1S/C6H7N.C5H6.B/c1-2-4-6-7-5-3-1;1-2-4-5-3-1;/h1-7H;1-4H,5H2;. The Morgan fingerprint density at radius 3 is 1.62 bits per heavy atom. The van der Waals surface area contributed by atoms with Crippen molar-refractivity contribution in [2.75, 3.05) is 0 Å². The molecule has 0 bridgehead atoms. The van der Waals surface area contributed by atoms with Gasteiger partial charge in [-0.2, -0.15) is 0 Å². The van der Waals surface area contributed by atoms with Crippen molar-refractivity contribution in [2.24, 2.45) is 0 Å². The van der Waals surface area contributed by atoms with E-state index in [9.17, 15) is 0 Å². The third kappa shape index (κ3) is 6.94. The van der Waals surface area contributed by atoms with Crippen LogP contribution in [-0.4, -0.2) is 8.41 Å². The summed E-state index contributed by atoms with van der Waals surface area (Å²) in [5.41, 5.74) is 0. The monoisotopic (exact) mass is 170 g/mol. The van der Waals surface area contributed by atoms with Gasteiger partial charge in [0.25, 0.3) is 0 Å². The highest BCUT2D eigenvalue weighted by atomic mass is 14.8. The largest absolute Gasteiger partial charge is 0.368 e. The van der Waals surface area contributed by atoms with Gasteiger partial charge in [0.15, 0.2) is 0 Å². The minimum Gasteiger partial charge on any atom is -0.368 e. The highest BCUT2D eigenvalue weighted by Gasteiger charge is 1.72. The van der Waals surface area contributed by atoms with Crippen LogP contribution in [0.15, 0.2) is 61.0 Å². The van der Waals surface area contributed by atoms with Gasteiger partial charge in [0.2, 0.25) is 0 Å². The molecule has 65 valence electrons. The first-order valence-corrected chi connectivity index (χ1v) is 4.06. The smallest absolute Gasteiger partial charge is 0.000442 e. The average Bonchev–Trinajstić information content (AvgIpc) is 2.54. The number of rotatable bonds is 0. The first-order valence-electron chi connectivity index (χ1n) is 4.06. The summed E-state index contributed by atoms with van der Waals surface area (Å²) in [5, 5.41) is 2.92. The van der Waals surface area contributed by atoms with Gasteiger partial charge in [-0.25, -0.2) is 0 Å². The zero-order valence-electron chi connectivity index (χ0n) is 7.56. The molecule has 0 aromatic heterocycles. The minimum atomic E-state index is 0. The molecule has 0 aromatic carbocycles. The van der Waals surface area contributed by atoms with E-state index in [0.29, 0.717) is 0 Å². The molecule has 3 radical (unpaired) electrons. The van der Waals surface area contributed by atoms with Crippen LogP contribution in [0.25, 0.3) is 0 Å². The van der Waals surface area contributed by atoms with Crippen LogP contribution in [0.4, 0.5) is 0 Å². The zero-order chi connectivity index (χ0) is 8.49. The summed E-state index contributed by atoms with van der Waals surface area (Å²) >= 11 is 0. The maximum Gasteiger partial charge on any atom is 0.000442 e. The molecule has 0 unspecified atom stereocenters. The predicted molar refractivity (Wildman–Crippen MR) is 59.2 cm³/mol. The Kier molecular flexibility index (Phi) is 7.70. The average molecular weight is 170 g/mol. The Morgan fingerprint density at radius 1 is 0.692 bits per heavy atom. The lowest BCUT2D eigenvalue weighted by Crippen LogP contribution is -1.87. The molecule has 0 atom stereocenters. The Hall–Kier alpha value is -1.44. The van der Waals surface area contributed by atoms with E-state index in [1.165, 1.54) is 0 Å². The van der Waals surface area contributed by atoms with Gasteiger partial charge in [-0.15, -0.1) is 0 Å². The van der Waals surface area contributed by atoms with Gasteiger partial charge in [0.1, 0.15) is 0 Å². The molecule has 1 aliphatic heterocycles. The van der Waals surface area contributed by atoms with Crippen LogP contribution in [0.2, 0.25) is 0 Å². The summed E-state index contributed by atoms with van der Waals surface area (Å²) in [6.45, 7) is 0. The molecule has 13 heavy (non-hydrogen) atoms. The summed E-state index contributed by atoms with van der Waals surface area (Å²) in [6.07, 6.45) is 21.1. The molecule has 2 rings (SSSR count). The van der Waals surface area contributed by atoms with Crippen molar-refractivity contribution >= 4 is 8.41 Å². The molecule has 1 nitrogen and oxygen atoms in total. The lowest BCUT2D eigenvalue weighted by atomic mass is 10.5. The lowest BCUT2D eigenvalue weighted by molar-refractivity contribution is 1.20. The topological polar surface area (TPSA) is 12.0 Å². The summed E-state index contributed by atoms with van der Waals surface area (Å²) in [6, 6.07) is 0. The number of hydrogen-bond acceptors (Lipinski definition) is 1. The van der Waals surface area contributed by atoms with Crippen molar-refractivity contribution in [3.63, 3.8) is 0 Å². The molecule has 2 aliphatic rings. The molecule has 1 N–H and O–H groups in total. The molecular weight excluding hydrogens is 157 g/mol. The second-order valence-corrected chi connectivity index (χ2v) is 2.36. The Bertz CT molecular complexity index is 223. The fourth-order valence-corrected chi connectivity index (χ4v) is 0.799. The highest BCUT2D eigenvalue weighted by Crippen LogP contribution is 1.93. The SMILES string of the molecule is C1=CC=CNC=C1.C1=CCC=C1.[B]. The van der Waals surface area contributed by atoms with E-state index in [-0.39, 0.29) is 8.41 Å². The molecule has 0 spiro atoms. The van der Waals surface area contributed by atoms with Crippen molar-refractivity contribution in [3.8, 4) is 0 Å². The van der Waals surface area contributed by atoms with Crippen molar-refractivity contribution in [1.82, 2.24) is 5.32 Å². The molecule has 1 heterocycles. The summed E-state index contributed by atoms with van der Waals surface area (Å²) in [4.78, 5) is 0. The fourth-order valence-electron chi connectivity index (χ4n) is 0.799. The van der Waals surface area contributed by atoms with Crippen LogP contribution in [0.1, 0.15) is 6.42 Å². The van der Waals surface area contributed by atoms with Crippen molar-refractivity contribution in [3.05, 3.63) is 61.0 Å². The van der Waals surface area contributed by atoms with Gasteiger partial charge in [0, 0.05) is 20.8 Å². The van der Waals surface area contributed by atoms with E-state index in [2.05, 4.69) is 29.6 Å². The minimum absolute atomic E-state index is 0. The maximum atomic E-state index is 2.92. The van der Waals surface area contributed by atoms with E-state index < -0.39 is 0 Å². The van der Waals surface area contributed by atoms with Gasteiger partial charge in [-0.05, 0) is 18.6 Å². The first-order chi connectivity index (χ1) is 6.00. The molecule has 1 aliphatic carbocycles. The third-order valence-electron chi connectivity index (χ3n) is 1.37. The maximum absolute atomic E-state index is 2.92. The van der Waals surface area contributed by atoms with Crippen LogP contribution in [0.5, 0.6) is 0 Å². The van der Waals surface area contributed by atoms with Crippen LogP contribution in [-0.2, 0) is 0 Å². The number of allylic oxidation sites excluding steroid dienone is 8. The van der Waals surface area contributed by atoms with E-state index in [1.807, 2.05) is 36.7 Å². The second kappa shape index (κ2) is 8.66. The van der Waals surface area contributed by atoms with Crippen molar-refractivity contribution < 1.29 is 0 Å². The summed E-state index contributed by atoms with van der Waals surface area (Å²) < 4.78 is 0. The Labute approximate surface area is 81.8 Å². The van der Waals surface area contributed by atoms with Crippen molar-refractivity contribution in [2.45, 2.75) is 6.42 Å². The Balaban J connectivity index is 0.000000215. The quantitative estimate of drug-likeness (QED) is 0.550. The third-order valence-corrected chi connectivity index (χ3v) is 1.37. The summed E-state index contributed by atoms with van der Waals surface area (Å²) in [5.74, 6) is 0. The van der Waals surface area contributed by atoms with Crippen LogP contribution >= 0.6 is 0 Å². The van der Waals surface area contributed by atoms with Crippen LogP contribution < -0.4 is 5.32 Å². The normalized spacial score (nSPS) is 15.4. The predicted octanol–water partition coefficient (Wildman–Crippen LogP) is 2.29. The molecular formula is C11H13BN. The lowest BCUT2D eigenvalue weighted by Gasteiger charge is -1.79. The second-order valence-electron chi connectivity index (χ2n) is 2.36.